The Morgan fingerprint density at radius 3 is 2.52 bits per heavy atom. The van der Waals surface area contributed by atoms with E-state index in [4.69, 9.17) is 4.74 Å². The van der Waals surface area contributed by atoms with Gasteiger partial charge < -0.3 is 4.74 Å². The van der Waals surface area contributed by atoms with Crippen LogP contribution in [0.25, 0.3) is 0 Å². The van der Waals surface area contributed by atoms with Crippen molar-refractivity contribution in [1.82, 2.24) is 4.90 Å². The number of rotatable bonds is 7. The van der Waals surface area contributed by atoms with Gasteiger partial charge in [0.15, 0.2) is 0 Å². The van der Waals surface area contributed by atoms with Crippen LogP contribution in [0.15, 0.2) is 54.6 Å². The second-order valence-corrected chi connectivity index (χ2v) is 6.51. The van der Waals surface area contributed by atoms with E-state index in [1.54, 1.807) is 12.1 Å². The fourth-order valence-electron chi connectivity index (χ4n) is 3.33. The topological polar surface area (TPSA) is 29.5 Å². The van der Waals surface area contributed by atoms with E-state index in [0.29, 0.717) is 12.2 Å². The number of carbonyl (C=O) groups is 1. The lowest BCUT2D eigenvalue weighted by Crippen LogP contribution is -2.37. The molecule has 4 heteroatoms. The maximum Gasteiger partial charge on any atom is 0.150 e. The minimum absolute atomic E-state index is 0. The van der Waals surface area contributed by atoms with Crippen LogP contribution in [0, 0.1) is 5.92 Å². The molecule has 0 spiro atoms. The second-order valence-electron chi connectivity index (χ2n) is 6.51. The number of nitrogens with zero attached hydrogens (tertiary/aromatic N) is 1. The Labute approximate surface area is 156 Å². The quantitative estimate of drug-likeness (QED) is 0.692. The normalized spacial score (nSPS) is 15.4. The fraction of sp³-hybridized carbons (Fsp3) is 0.381. The van der Waals surface area contributed by atoms with Crippen molar-refractivity contribution in [3.8, 4) is 5.75 Å². The molecule has 0 aromatic heterocycles. The summed E-state index contributed by atoms with van der Waals surface area (Å²) in [5.74, 6) is 1.58. The Hall–Kier alpha value is -1.84. The molecule has 0 saturated carbocycles. The van der Waals surface area contributed by atoms with Crippen molar-refractivity contribution in [3.63, 3.8) is 0 Å². The molecule has 1 aliphatic rings. The molecule has 2 aromatic rings. The lowest BCUT2D eigenvalue weighted by molar-refractivity contribution is 0.112. The summed E-state index contributed by atoms with van der Waals surface area (Å²) >= 11 is 0. The number of hydrogen-bond donors (Lipinski definition) is 0. The minimum atomic E-state index is 0. The van der Waals surface area contributed by atoms with Crippen molar-refractivity contribution in [2.75, 3.05) is 26.2 Å². The number of halogens is 1. The Morgan fingerprint density at radius 1 is 1.04 bits per heavy atom. The molecule has 1 heterocycles. The Balaban J connectivity index is 0.00000225. The van der Waals surface area contributed by atoms with Crippen LogP contribution in [0.4, 0.5) is 0 Å². The molecule has 1 saturated heterocycles. The van der Waals surface area contributed by atoms with Crippen LogP contribution in [0.3, 0.4) is 0 Å². The van der Waals surface area contributed by atoms with Gasteiger partial charge in [0, 0.05) is 12.1 Å². The van der Waals surface area contributed by atoms with Gasteiger partial charge in [-0.15, -0.1) is 12.4 Å². The number of piperidine rings is 1. The minimum Gasteiger partial charge on any atom is -0.492 e. The molecule has 3 nitrogen and oxygen atoms in total. The van der Waals surface area contributed by atoms with E-state index in [2.05, 4.69) is 35.2 Å². The Kier molecular flexibility index (Phi) is 7.96. The molecule has 3 rings (SSSR count). The van der Waals surface area contributed by atoms with Crippen molar-refractivity contribution in [2.45, 2.75) is 19.3 Å². The van der Waals surface area contributed by atoms with Crippen LogP contribution in [-0.2, 0) is 6.42 Å². The fourth-order valence-corrected chi connectivity index (χ4v) is 3.33. The average molecular weight is 360 g/mol. The zero-order chi connectivity index (χ0) is 16.6. The summed E-state index contributed by atoms with van der Waals surface area (Å²) in [5.41, 5.74) is 2.11. The van der Waals surface area contributed by atoms with Gasteiger partial charge in [-0.1, -0.05) is 42.5 Å². The van der Waals surface area contributed by atoms with Crippen LogP contribution in [0.5, 0.6) is 5.75 Å². The van der Waals surface area contributed by atoms with Gasteiger partial charge in [0.05, 0.1) is 0 Å². The molecule has 0 bridgehead atoms. The molecule has 1 fully saturated rings. The van der Waals surface area contributed by atoms with Gasteiger partial charge >= 0.3 is 0 Å². The summed E-state index contributed by atoms with van der Waals surface area (Å²) in [7, 11) is 0. The lowest BCUT2D eigenvalue weighted by Gasteiger charge is -2.31. The Morgan fingerprint density at radius 2 is 1.80 bits per heavy atom. The highest BCUT2D eigenvalue weighted by atomic mass is 35.5. The molecule has 0 amide bonds. The average Bonchev–Trinajstić information content (AvgIpc) is 2.64. The summed E-state index contributed by atoms with van der Waals surface area (Å²) in [4.78, 5) is 13.3. The van der Waals surface area contributed by atoms with Gasteiger partial charge in [-0.3, -0.25) is 9.69 Å². The standard InChI is InChI=1S/C21H25NO2.ClH/c23-17-20-7-4-8-21(16-20)24-14-13-22-11-9-19(10-12-22)15-18-5-2-1-3-6-18;/h1-8,16-17,19H,9-15H2;1H. The predicted octanol–water partition coefficient (Wildman–Crippen LogP) is 4.25. The predicted molar refractivity (Wildman–Crippen MR) is 104 cm³/mol. The SMILES string of the molecule is Cl.O=Cc1cccc(OCCN2CCC(Cc3ccccc3)CC2)c1. The Bertz CT molecular complexity index is 639. The number of carbonyl (C=O) groups excluding carboxylic acids is 1. The smallest absolute Gasteiger partial charge is 0.150 e. The van der Waals surface area contributed by atoms with Crippen LogP contribution < -0.4 is 4.74 Å². The molecular weight excluding hydrogens is 334 g/mol. The third-order valence-corrected chi connectivity index (χ3v) is 4.74. The van der Waals surface area contributed by atoms with Gasteiger partial charge in [-0.25, -0.2) is 0 Å². The number of ether oxygens (including phenoxy) is 1. The van der Waals surface area contributed by atoms with E-state index in [1.165, 1.54) is 24.8 Å². The number of aldehydes is 1. The van der Waals surface area contributed by atoms with E-state index >= 15 is 0 Å². The first-order chi connectivity index (χ1) is 11.8. The van der Waals surface area contributed by atoms with Crippen molar-refractivity contribution in [3.05, 3.63) is 65.7 Å². The van der Waals surface area contributed by atoms with Crippen LogP contribution in [0.2, 0.25) is 0 Å². The number of likely N-dealkylation sites (tertiary alicyclic amines) is 1. The first-order valence-corrected chi connectivity index (χ1v) is 8.78. The summed E-state index contributed by atoms with van der Waals surface area (Å²) in [6, 6.07) is 18.1. The van der Waals surface area contributed by atoms with Crippen molar-refractivity contribution in [1.29, 1.82) is 0 Å². The first-order valence-electron chi connectivity index (χ1n) is 8.78. The zero-order valence-electron chi connectivity index (χ0n) is 14.5. The third kappa shape index (κ3) is 6.18. The van der Waals surface area contributed by atoms with E-state index in [9.17, 15) is 4.79 Å². The summed E-state index contributed by atoms with van der Waals surface area (Å²) in [6.45, 7) is 3.92. The van der Waals surface area contributed by atoms with Crippen molar-refractivity contribution < 1.29 is 9.53 Å². The molecule has 0 unspecified atom stereocenters. The van der Waals surface area contributed by atoms with Gasteiger partial charge in [0.25, 0.3) is 0 Å². The monoisotopic (exact) mass is 359 g/mol. The highest BCUT2D eigenvalue weighted by molar-refractivity contribution is 5.85. The highest BCUT2D eigenvalue weighted by Gasteiger charge is 2.19. The van der Waals surface area contributed by atoms with Gasteiger partial charge in [-0.2, -0.15) is 0 Å². The van der Waals surface area contributed by atoms with E-state index in [-0.39, 0.29) is 12.4 Å². The van der Waals surface area contributed by atoms with Gasteiger partial charge in [-0.05, 0) is 56.0 Å². The zero-order valence-corrected chi connectivity index (χ0v) is 15.3. The molecular formula is C21H26ClNO2. The molecule has 2 aromatic carbocycles. The number of benzene rings is 2. The summed E-state index contributed by atoms with van der Waals surface area (Å²) in [5, 5.41) is 0. The largest absolute Gasteiger partial charge is 0.492 e. The molecule has 0 N–H and O–H groups in total. The lowest BCUT2D eigenvalue weighted by atomic mass is 9.90. The summed E-state index contributed by atoms with van der Waals surface area (Å²) in [6.07, 6.45) is 4.57. The van der Waals surface area contributed by atoms with Crippen LogP contribution in [-0.4, -0.2) is 37.4 Å². The van der Waals surface area contributed by atoms with Gasteiger partial charge in [0.1, 0.15) is 18.6 Å². The van der Waals surface area contributed by atoms with Crippen LogP contribution >= 0.6 is 12.4 Å². The highest BCUT2D eigenvalue weighted by Crippen LogP contribution is 2.21. The van der Waals surface area contributed by atoms with E-state index < -0.39 is 0 Å². The molecule has 0 atom stereocenters. The number of hydrogen-bond acceptors (Lipinski definition) is 3. The van der Waals surface area contributed by atoms with E-state index in [1.807, 2.05) is 12.1 Å². The van der Waals surface area contributed by atoms with Gasteiger partial charge in [0.2, 0.25) is 0 Å². The molecule has 25 heavy (non-hydrogen) atoms. The molecule has 0 radical (unpaired) electrons. The molecule has 0 aliphatic carbocycles. The van der Waals surface area contributed by atoms with Crippen LogP contribution in [0.1, 0.15) is 28.8 Å². The third-order valence-electron chi connectivity index (χ3n) is 4.74. The maximum atomic E-state index is 10.8. The second kappa shape index (κ2) is 10.2. The van der Waals surface area contributed by atoms with Crippen molar-refractivity contribution >= 4 is 18.7 Å². The first kappa shape index (κ1) is 19.5. The van der Waals surface area contributed by atoms with Crippen molar-refractivity contribution in [2.24, 2.45) is 5.92 Å². The maximum absolute atomic E-state index is 10.8. The van der Waals surface area contributed by atoms with E-state index in [0.717, 1.165) is 37.6 Å². The molecule has 1 aliphatic heterocycles. The molecule has 134 valence electrons. The summed E-state index contributed by atoms with van der Waals surface area (Å²) < 4.78 is 5.77.